The third-order valence-corrected chi connectivity index (χ3v) is 3.82. The number of aromatic nitrogens is 2. The molecular formula is C16H20N4O2. The summed E-state index contributed by atoms with van der Waals surface area (Å²) < 4.78 is 5.02. The van der Waals surface area contributed by atoms with E-state index in [1.165, 1.54) is 6.42 Å². The Kier molecular flexibility index (Phi) is 4.09. The molecule has 22 heavy (non-hydrogen) atoms. The maximum absolute atomic E-state index is 12.6. The van der Waals surface area contributed by atoms with Crippen molar-refractivity contribution in [1.29, 1.82) is 0 Å². The first-order valence-electron chi connectivity index (χ1n) is 7.57. The van der Waals surface area contributed by atoms with Crippen LogP contribution in [-0.2, 0) is 0 Å². The average molecular weight is 300 g/mol. The highest BCUT2D eigenvalue weighted by atomic mass is 16.5. The largest absolute Gasteiger partial charge is 0.360 e. The van der Waals surface area contributed by atoms with Gasteiger partial charge in [0.2, 0.25) is 0 Å². The number of rotatable bonds is 3. The van der Waals surface area contributed by atoms with Crippen LogP contribution in [0, 0.1) is 12.8 Å². The van der Waals surface area contributed by atoms with Crippen molar-refractivity contribution in [3.05, 3.63) is 35.9 Å². The number of likely N-dealkylation sites (tertiary alicyclic amines) is 1. The number of amides is 1. The lowest BCUT2D eigenvalue weighted by Crippen LogP contribution is -2.39. The number of carbonyl (C=O) groups is 1. The molecule has 0 saturated carbocycles. The summed E-state index contributed by atoms with van der Waals surface area (Å²) in [5, 5.41) is 7.00. The third kappa shape index (κ3) is 3.27. The fraction of sp³-hybridized carbons (Fsp3) is 0.438. The van der Waals surface area contributed by atoms with Crippen molar-refractivity contribution in [3.63, 3.8) is 0 Å². The molecule has 1 aliphatic rings. The van der Waals surface area contributed by atoms with Gasteiger partial charge >= 0.3 is 0 Å². The molecule has 6 heteroatoms. The summed E-state index contributed by atoms with van der Waals surface area (Å²) in [5.41, 5.74) is 1.23. The Morgan fingerprint density at radius 3 is 3.05 bits per heavy atom. The van der Waals surface area contributed by atoms with Crippen LogP contribution in [0.3, 0.4) is 0 Å². The number of hydrogen-bond donors (Lipinski definition) is 1. The van der Waals surface area contributed by atoms with Crippen molar-refractivity contribution >= 4 is 17.4 Å². The van der Waals surface area contributed by atoms with Gasteiger partial charge in [-0.2, -0.15) is 0 Å². The molecule has 0 bridgehead atoms. The molecule has 6 nitrogen and oxygen atoms in total. The molecule has 1 atom stereocenters. The Labute approximate surface area is 129 Å². The van der Waals surface area contributed by atoms with E-state index in [0.717, 1.165) is 31.0 Å². The fourth-order valence-electron chi connectivity index (χ4n) is 2.73. The lowest BCUT2D eigenvalue weighted by Gasteiger charge is -2.30. The summed E-state index contributed by atoms with van der Waals surface area (Å²) in [6, 6.07) is 5.36. The van der Waals surface area contributed by atoms with Gasteiger partial charge in [0.15, 0.2) is 5.82 Å². The summed E-state index contributed by atoms with van der Waals surface area (Å²) in [6.45, 7) is 5.63. The van der Waals surface area contributed by atoms with E-state index in [9.17, 15) is 4.79 Å². The average Bonchev–Trinajstić information content (AvgIpc) is 2.92. The zero-order valence-corrected chi connectivity index (χ0v) is 12.9. The van der Waals surface area contributed by atoms with Crippen LogP contribution in [0.1, 0.15) is 36.0 Å². The topological polar surface area (TPSA) is 71.3 Å². The van der Waals surface area contributed by atoms with Gasteiger partial charge in [-0.05, 0) is 37.8 Å². The van der Waals surface area contributed by atoms with Gasteiger partial charge in [-0.1, -0.05) is 12.1 Å². The summed E-state index contributed by atoms with van der Waals surface area (Å²) in [5.74, 6) is 1.90. The van der Waals surface area contributed by atoms with E-state index in [1.54, 1.807) is 24.4 Å². The molecule has 0 aliphatic carbocycles. The van der Waals surface area contributed by atoms with Gasteiger partial charge in [-0.3, -0.25) is 9.78 Å². The molecule has 1 unspecified atom stereocenters. The molecule has 3 heterocycles. The van der Waals surface area contributed by atoms with Crippen LogP contribution in [0.5, 0.6) is 0 Å². The van der Waals surface area contributed by atoms with Gasteiger partial charge in [0.25, 0.3) is 5.91 Å². The minimum atomic E-state index is -0.00784. The van der Waals surface area contributed by atoms with E-state index in [0.29, 0.717) is 17.4 Å². The third-order valence-electron chi connectivity index (χ3n) is 3.82. The molecule has 1 fully saturated rings. The molecule has 0 spiro atoms. The second-order valence-corrected chi connectivity index (χ2v) is 5.88. The van der Waals surface area contributed by atoms with Crippen molar-refractivity contribution in [2.45, 2.75) is 26.7 Å². The maximum Gasteiger partial charge on any atom is 0.272 e. The van der Waals surface area contributed by atoms with Gasteiger partial charge in [0.1, 0.15) is 11.5 Å². The Hall–Kier alpha value is -2.37. The highest BCUT2D eigenvalue weighted by Gasteiger charge is 2.23. The predicted molar refractivity (Wildman–Crippen MR) is 83.1 cm³/mol. The van der Waals surface area contributed by atoms with Crippen molar-refractivity contribution < 1.29 is 9.32 Å². The van der Waals surface area contributed by atoms with Crippen LogP contribution in [0.25, 0.3) is 0 Å². The van der Waals surface area contributed by atoms with E-state index in [-0.39, 0.29) is 5.91 Å². The predicted octanol–water partition coefficient (Wildman–Crippen LogP) is 2.99. The Morgan fingerprint density at radius 1 is 1.45 bits per heavy atom. The number of nitrogens with one attached hydrogen (secondary N) is 1. The highest BCUT2D eigenvalue weighted by Crippen LogP contribution is 2.20. The van der Waals surface area contributed by atoms with Crippen molar-refractivity contribution in [2.75, 3.05) is 18.4 Å². The molecule has 3 rings (SSSR count). The molecule has 1 N–H and O–H groups in total. The van der Waals surface area contributed by atoms with Crippen molar-refractivity contribution in [3.8, 4) is 0 Å². The Balaban J connectivity index is 1.74. The molecule has 1 saturated heterocycles. The van der Waals surface area contributed by atoms with Crippen LogP contribution < -0.4 is 5.32 Å². The van der Waals surface area contributed by atoms with Gasteiger partial charge in [0, 0.05) is 31.0 Å². The van der Waals surface area contributed by atoms with E-state index >= 15 is 0 Å². The quantitative estimate of drug-likeness (QED) is 0.943. The maximum atomic E-state index is 12.6. The molecule has 2 aromatic rings. The summed E-state index contributed by atoms with van der Waals surface area (Å²) in [4.78, 5) is 18.7. The second-order valence-electron chi connectivity index (χ2n) is 5.88. The molecule has 1 aliphatic heterocycles. The lowest BCUT2D eigenvalue weighted by molar-refractivity contribution is 0.0677. The SMILES string of the molecule is Cc1cc(Nc2ccnc(C(=O)N3CCCC(C)C3)c2)no1. The number of carbonyl (C=O) groups excluding carboxylic acids is 1. The standard InChI is InChI=1S/C16H20N4O2/c1-11-4-3-7-20(10-11)16(21)14-9-13(5-6-17-14)18-15-8-12(2)22-19-15/h5-6,8-9,11H,3-4,7,10H2,1-2H3,(H,17,18,19). The highest BCUT2D eigenvalue weighted by molar-refractivity contribution is 5.93. The summed E-state index contributed by atoms with van der Waals surface area (Å²) >= 11 is 0. The second kappa shape index (κ2) is 6.17. The zero-order valence-electron chi connectivity index (χ0n) is 12.9. The number of hydrogen-bond acceptors (Lipinski definition) is 5. The first-order valence-corrected chi connectivity index (χ1v) is 7.57. The van der Waals surface area contributed by atoms with E-state index < -0.39 is 0 Å². The Bertz CT molecular complexity index is 668. The number of anilines is 2. The Morgan fingerprint density at radius 2 is 2.32 bits per heavy atom. The molecule has 1 amide bonds. The first kappa shape index (κ1) is 14.6. The lowest BCUT2D eigenvalue weighted by atomic mass is 10.00. The molecule has 0 aromatic carbocycles. The molecule has 0 radical (unpaired) electrons. The van der Waals surface area contributed by atoms with Crippen molar-refractivity contribution in [1.82, 2.24) is 15.0 Å². The van der Waals surface area contributed by atoms with Crippen LogP contribution in [0.15, 0.2) is 28.9 Å². The van der Waals surface area contributed by atoms with E-state index in [4.69, 9.17) is 4.52 Å². The zero-order chi connectivity index (χ0) is 15.5. The van der Waals surface area contributed by atoms with Gasteiger partial charge in [0.05, 0.1) is 0 Å². The molecule has 116 valence electrons. The smallest absolute Gasteiger partial charge is 0.272 e. The minimum absolute atomic E-state index is 0.00784. The fourth-order valence-corrected chi connectivity index (χ4v) is 2.73. The number of pyridine rings is 1. The summed E-state index contributed by atoms with van der Waals surface area (Å²) in [6.07, 6.45) is 3.88. The number of piperidine rings is 1. The first-order chi connectivity index (χ1) is 10.6. The van der Waals surface area contributed by atoms with Gasteiger partial charge < -0.3 is 14.7 Å². The van der Waals surface area contributed by atoms with Gasteiger partial charge in [-0.25, -0.2) is 0 Å². The number of aryl methyl sites for hydroxylation is 1. The van der Waals surface area contributed by atoms with Crippen LogP contribution >= 0.6 is 0 Å². The van der Waals surface area contributed by atoms with Crippen LogP contribution in [-0.4, -0.2) is 34.0 Å². The minimum Gasteiger partial charge on any atom is -0.360 e. The van der Waals surface area contributed by atoms with Gasteiger partial charge in [-0.15, -0.1) is 0 Å². The van der Waals surface area contributed by atoms with E-state index in [2.05, 4.69) is 22.4 Å². The van der Waals surface area contributed by atoms with Crippen LogP contribution in [0.4, 0.5) is 11.5 Å². The van der Waals surface area contributed by atoms with Crippen LogP contribution in [0.2, 0.25) is 0 Å². The molecule has 2 aromatic heterocycles. The summed E-state index contributed by atoms with van der Waals surface area (Å²) in [7, 11) is 0. The number of nitrogens with zero attached hydrogens (tertiary/aromatic N) is 3. The monoisotopic (exact) mass is 300 g/mol. The van der Waals surface area contributed by atoms with E-state index in [1.807, 2.05) is 11.8 Å². The molecular weight excluding hydrogens is 280 g/mol. The van der Waals surface area contributed by atoms with Crippen molar-refractivity contribution in [2.24, 2.45) is 5.92 Å². The normalized spacial score (nSPS) is 18.3.